The summed E-state index contributed by atoms with van der Waals surface area (Å²) in [6.07, 6.45) is 0.192. The van der Waals surface area contributed by atoms with Gasteiger partial charge in [-0.1, -0.05) is 24.3 Å². The molecule has 6 nitrogen and oxygen atoms in total. The molecule has 0 saturated carbocycles. The van der Waals surface area contributed by atoms with Gasteiger partial charge < -0.3 is 19.5 Å². The highest BCUT2D eigenvalue weighted by Gasteiger charge is 2.09. The zero-order valence-electron chi connectivity index (χ0n) is 13.6. The van der Waals surface area contributed by atoms with Gasteiger partial charge in [-0.25, -0.2) is 4.79 Å². The Bertz CT molecular complexity index is 714. The van der Waals surface area contributed by atoms with E-state index in [1.54, 1.807) is 31.4 Å². The summed E-state index contributed by atoms with van der Waals surface area (Å²) in [6.45, 7) is -0.185. The Balaban J connectivity index is 1.97. The van der Waals surface area contributed by atoms with Crippen molar-refractivity contribution >= 4 is 17.6 Å². The van der Waals surface area contributed by atoms with E-state index in [9.17, 15) is 9.59 Å². The van der Waals surface area contributed by atoms with Crippen LogP contribution in [0.1, 0.15) is 5.56 Å². The van der Waals surface area contributed by atoms with Crippen LogP contribution in [0.25, 0.3) is 0 Å². The zero-order valence-corrected chi connectivity index (χ0v) is 13.6. The van der Waals surface area contributed by atoms with Crippen LogP contribution in [0.5, 0.6) is 11.5 Å². The molecule has 0 aromatic heterocycles. The highest BCUT2D eigenvalue weighted by molar-refractivity contribution is 5.92. The molecule has 1 amide bonds. The quantitative estimate of drug-likeness (QED) is 0.790. The van der Waals surface area contributed by atoms with Crippen LogP contribution < -0.4 is 14.8 Å². The van der Waals surface area contributed by atoms with Crippen LogP contribution >= 0.6 is 0 Å². The van der Waals surface area contributed by atoms with E-state index in [-0.39, 0.29) is 18.9 Å². The van der Waals surface area contributed by atoms with Crippen molar-refractivity contribution < 1.29 is 23.8 Å². The minimum absolute atomic E-state index is 0.176. The molecule has 0 unspecified atom stereocenters. The van der Waals surface area contributed by atoms with Crippen LogP contribution in [0.4, 0.5) is 5.69 Å². The smallest absolute Gasteiger partial charge is 0.343 e. The van der Waals surface area contributed by atoms with E-state index in [4.69, 9.17) is 9.47 Å². The number of hydrogen-bond donors (Lipinski definition) is 1. The maximum atomic E-state index is 12.2. The summed E-state index contributed by atoms with van der Waals surface area (Å²) in [5.41, 5.74) is 1.38. The maximum Gasteiger partial charge on any atom is 0.343 e. The van der Waals surface area contributed by atoms with Gasteiger partial charge in [-0.05, 0) is 18.2 Å². The summed E-state index contributed by atoms with van der Waals surface area (Å²) in [5, 5.41) is 2.79. The van der Waals surface area contributed by atoms with Crippen molar-refractivity contribution in [3.8, 4) is 11.5 Å². The van der Waals surface area contributed by atoms with Gasteiger partial charge in [-0.3, -0.25) is 4.79 Å². The Hall–Kier alpha value is -3.02. The van der Waals surface area contributed by atoms with Crippen molar-refractivity contribution in [2.45, 2.75) is 6.42 Å². The van der Waals surface area contributed by atoms with E-state index >= 15 is 0 Å². The third kappa shape index (κ3) is 5.01. The number of para-hydroxylation sites is 1. The molecule has 0 atom stereocenters. The van der Waals surface area contributed by atoms with Gasteiger partial charge in [-0.2, -0.15) is 0 Å². The minimum Gasteiger partial charge on any atom is -0.496 e. The summed E-state index contributed by atoms with van der Waals surface area (Å²) in [4.78, 5) is 23.3. The summed E-state index contributed by atoms with van der Waals surface area (Å²) in [5.74, 6) is 0.489. The van der Waals surface area contributed by atoms with Crippen molar-refractivity contribution in [1.82, 2.24) is 0 Å². The average molecular weight is 329 g/mol. The van der Waals surface area contributed by atoms with Crippen molar-refractivity contribution in [1.29, 1.82) is 0 Å². The lowest BCUT2D eigenvalue weighted by Crippen LogP contribution is -2.15. The van der Waals surface area contributed by atoms with Crippen molar-refractivity contribution in [2.75, 3.05) is 26.1 Å². The van der Waals surface area contributed by atoms with E-state index < -0.39 is 5.97 Å². The Kier molecular flexibility index (Phi) is 6.19. The molecule has 24 heavy (non-hydrogen) atoms. The molecule has 0 saturated heterocycles. The molecule has 0 aliphatic rings. The first-order valence-corrected chi connectivity index (χ1v) is 7.34. The fourth-order valence-corrected chi connectivity index (χ4v) is 2.09. The number of methoxy groups -OCH3 is 2. The number of amides is 1. The van der Waals surface area contributed by atoms with Crippen molar-refractivity contribution in [3.05, 3.63) is 54.1 Å². The molecular formula is C18H19NO5. The van der Waals surface area contributed by atoms with Crippen LogP contribution in [-0.4, -0.2) is 32.7 Å². The monoisotopic (exact) mass is 329 g/mol. The number of hydrogen-bond acceptors (Lipinski definition) is 5. The number of anilines is 1. The molecule has 2 rings (SSSR count). The normalized spacial score (nSPS) is 9.92. The molecule has 1 N–H and O–H groups in total. The zero-order chi connectivity index (χ0) is 17.4. The largest absolute Gasteiger partial charge is 0.496 e. The van der Waals surface area contributed by atoms with Gasteiger partial charge in [0.2, 0.25) is 5.91 Å². The predicted octanol–water partition coefficient (Wildman–Crippen LogP) is 2.43. The van der Waals surface area contributed by atoms with Crippen LogP contribution in [-0.2, 0) is 20.7 Å². The molecule has 0 heterocycles. The maximum absolute atomic E-state index is 12.2. The second kappa shape index (κ2) is 8.57. The number of esters is 1. The number of ether oxygens (including phenoxy) is 3. The highest BCUT2D eigenvalue weighted by atomic mass is 16.6. The molecule has 6 heteroatoms. The lowest BCUT2D eigenvalue weighted by molar-refractivity contribution is -0.142. The lowest BCUT2D eigenvalue weighted by atomic mass is 10.1. The number of rotatable bonds is 7. The Morgan fingerprint density at radius 1 is 1.04 bits per heavy atom. The first-order valence-electron chi connectivity index (χ1n) is 7.34. The Morgan fingerprint density at radius 3 is 2.58 bits per heavy atom. The summed E-state index contributed by atoms with van der Waals surface area (Å²) in [7, 11) is 2.86. The Labute approximate surface area is 140 Å². The van der Waals surface area contributed by atoms with Crippen molar-refractivity contribution in [3.63, 3.8) is 0 Å². The Morgan fingerprint density at radius 2 is 1.83 bits per heavy atom. The van der Waals surface area contributed by atoms with E-state index in [1.165, 1.54) is 7.11 Å². The molecule has 0 aliphatic heterocycles. The summed E-state index contributed by atoms with van der Waals surface area (Å²) in [6, 6.07) is 14.2. The van der Waals surface area contributed by atoms with Crippen LogP contribution in [0, 0.1) is 0 Å². The molecule has 0 bridgehead atoms. The van der Waals surface area contributed by atoms with Gasteiger partial charge in [0, 0.05) is 17.3 Å². The van der Waals surface area contributed by atoms with Gasteiger partial charge >= 0.3 is 5.97 Å². The van der Waals surface area contributed by atoms with Gasteiger partial charge in [0.15, 0.2) is 6.61 Å². The van der Waals surface area contributed by atoms with E-state index in [0.29, 0.717) is 17.2 Å². The third-order valence-corrected chi connectivity index (χ3v) is 3.25. The number of benzene rings is 2. The molecule has 0 aliphatic carbocycles. The topological polar surface area (TPSA) is 73.9 Å². The number of carbonyl (C=O) groups is 2. The second-order valence-corrected chi connectivity index (χ2v) is 4.93. The standard InChI is InChI=1S/C18H19NO5/c1-22-16-9-4-3-6-13(16)10-17(20)19-14-7-5-8-15(11-14)24-12-18(21)23-2/h3-9,11H,10,12H2,1-2H3,(H,19,20). The van der Waals surface area contributed by atoms with Crippen LogP contribution in [0.2, 0.25) is 0 Å². The van der Waals surface area contributed by atoms with E-state index in [0.717, 1.165) is 5.56 Å². The van der Waals surface area contributed by atoms with Crippen LogP contribution in [0.3, 0.4) is 0 Å². The average Bonchev–Trinajstić information content (AvgIpc) is 2.60. The first kappa shape index (κ1) is 17.3. The fraction of sp³-hybridized carbons (Fsp3) is 0.222. The lowest BCUT2D eigenvalue weighted by Gasteiger charge is -2.10. The fourth-order valence-electron chi connectivity index (χ4n) is 2.09. The molecule has 2 aromatic rings. The molecule has 0 radical (unpaired) electrons. The third-order valence-electron chi connectivity index (χ3n) is 3.25. The van der Waals surface area contributed by atoms with E-state index in [1.807, 2.05) is 24.3 Å². The summed E-state index contributed by atoms with van der Waals surface area (Å²) < 4.78 is 15.0. The second-order valence-electron chi connectivity index (χ2n) is 4.93. The SMILES string of the molecule is COC(=O)COc1cccc(NC(=O)Cc2ccccc2OC)c1. The first-order chi connectivity index (χ1) is 11.6. The number of carbonyl (C=O) groups excluding carboxylic acids is 2. The van der Waals surface area contributed by atoms with E-state index in [2.05, 4.69) is 10.1 Å². The molecule has 0 spiro atoms. The highest BCUT2D eigenvalue weighted by Crippen LogP contribution is 2.20. The van der Waals surface area contributed by atoms with Crippen molar-refractivity contribution in [2.24, 2.45) is 0 Å². The van der Waals surface area contributed by atoms with Gasteiger partial charge in [-0.15, -0.1) is 0 Å². The van der Waals surface area contributed by atoms with Gasteiger partial charge in [0.25, 0.3) is 0 Å². The van der Waals surface area contributed by atoms with Gasteiger partial charge in [0.05, 0.1) is 20.6 Å². The molecule has 0 fully saturated rings. The molecule has 126 valence electrons. The minimum atomic E-state index is -0.472. The molecular weight excluding hydrogens is 310 g/mol. The number of nitrogens with one attached hydrogen (secondary N) is 1. The van der Waals surface area contributed by atoms with Crippen LogP contribution in [0.15, 0.2) is 48.5 Å². The predicted molar refractivity (Wildman–Crippen MR) is 89.3 cm³/mol. The molecule has 2 aromatic carbocycles. The van der Waals surface area contributed by atoms with Gasteiger partial charge in [0.1, 0.15) is 11.5 Å². The summed E-state index contributed by atoms with van der Waals surface area (Å²) >= 11 is 0.